The number of rotatable bonds is 5. The molecule has 152 valence electrons. The summed E-state index contributed by atoms with van der Waals surface area (Å²) in [4.78, 5) is 37.9. The number of nitrogens with zero attached hydrogens (tertiary/aromatic N) is 3. The van der Waals surface area contributed by atoms with Crippen molar-refractivity contribution in [3.63, 3.8) is 0 Å². The van der Waals surface area contributed by atoms with Gasteiger partial charge in [0.2, 0.25) is 5.91 Å². The third-order valence-electron chi connectivity index (χ3n) is 5.32. The van der Waals surface area contributed by atoms with E-state index >= 15 is 0 Å². The molecular weight excluding hydrogens is 374 g/mol. The third-order valence-corrected chi connectivity index (χ3v) is 5.88. The van der Waals surface area contributed by atoms with Crippen molar-refractivity contribution in [2.75, 3.05) is 11.2 Å². The van der Waals surface area contributed by atoms with Crippen molar-refractivity contribution >= 4 is 29.5 Å². The molecule has 28 heavy (non-hydrogen) atoms. The van der Waals surface area contributed by atoms with Crippen molar-refractivity contribution < 1.29 is 14.3 Å². The number of anilines is 1. The van der Waals surface area contributed by atoms with Gasteiger partial charge in [-0.3, -0.25) is 14.5 Å². The summed E-state index contributed by atoms with van der Waals surface area (Å²) in [6.45, 7) is 9.25. The Kier molecular flexibility index (Phi) is 5.84. The fourth-order valence-electron chi connectivity index (χ4n) is 4.07. The summed E-state index contributed by atoms with van der Waals surface area (Å²) in [7, 11) is 0. The van der Waals surface area contributed by atoms with Gasteiger partial charge in [0, 0.05) is 24.2 Å². The van der Waals surface area contributed by atoms with Crippen molar-refractivity contribution in [1.29, 1.82) is 0 Å². The number of amides is 1. The molecule has 2 heterocycles. The molecular formula is C21H29N3O3S. The van der Waals surface area contributed by atoms with Gasteiger partial charge in [0.25, 0.3) is 0 Å². The van der Waals surface area contributed by atoms with Crippen molar-refractivity contribution in [3.05, 3.63) is 24.4 Å². The van der Waals surface area contributed by atoms with E-state index in [-0.39, 0.29) is 24.8 Å². The number of carbonyl (C=O) groups is 2. The maximum atomic E-state index is 13.8. The average molecular weight is 404 g/mol. The van der Waals surface area contributed by atoms with Crippen molar-refractivity contribution in [3.8, 4) is 0 Å². The second kappa shape index (κ2) is 7.85. The van der Waals surface area contributed by atoms with E-state index in [1.165, 1.54) is 11.8 Å². The molecule has 1 amide bonds. The molecule has 0 aromatic carbocycles. The van der Waals surface area contributed by atoms with Crippen LogP contribution in [0.5, 0.6) is 0 Å². The van der Waals surface area contributed by atoms with Gasteiger partial charge in [-0.15, -0.1) is 6.58 Å². The van der Waals surface area contributed by atoms with E-state index in [1.54, 1.807) is 17.2 Å². The van der Waals surface area contributed by atoms with Gasteiger partial charge >= 0.3 is 5.97 Å². The van der Waals surface area contributed by atoms with Crippen LogP contribution in [0.3, 0.4) is 0 Å². The number of thioether (sulfide) groups is 1. The van der Waals surface area contributed by atoms with Crippen molar-refractivity contribution in [1.82, 2.24) is 9.97 Å². The molecule has 6 nitrogen and oxygen atoms in total. The Morgan fingerprint density at radius 1 is 1.43 bits per heavy atom. The minimum absolute atomic E-state index is 0.0581. The van der Waals surface area contributed by atoms with Crippen LogP contribution in [0.2, 0.25) is 0 Å². The molecule has 1 aromatic rings. The van der Waals surface area contributed by atoms with Gasteiger partial charge in [0.05, 0.1) is 0 Å². The van der Waals surface area contributed by atoms with Crippen LogP contribution in [-0.2, 0) is 20.7 Å². The maximum Gasteiger partial charge on any atom is 0.322 e. The van der Waals surface area contributed by atoms with Crippen LogP contribution in [0.25, 0.3) is 0 Å². The Balaban J connectivity index is 2.12. The summed E-state index contributed by atoms with van der Waals surface area (Å²) in [5.74, 6) is -0.0567. The monoisotopic (exact) mass is 403 g/mol. The first-order chi connectivity index (χ1) is 13.2. The van der Waals surface area contributed by atoms with E-state index in [2.05, 4.69) is 16.5 Å². The van der Waals surface area contributed by atoms with Crippen LogP contribution in [0.1, 0.15) is 58.4 Å². The van der Waals surface area contributed by atoms with Gasteiger partial charge in [0.1, 0.15) is 11.4 Å². The molecule has 0 spiro atoms. The van der Waals surface area contributed by atoms with Gasteiger partial charge in [0.15, 0.2) is 10.6 Å². The average Bonchev–Trinajstić information content (AvgIpc) is 3.15. The zero-order valence-electron chi connectivity index (χ0n) is 17.2. The lowest BCUT2D eigenvalue weighted by Crippen LogP contribution is -2.57. The fourth-order valence-corrected chi connectivity index (χ4v) is 4.40. The number of hydrogen-bond acceptors (Lipinski definition) is 6. The largest absolute Gasteiger partial charge is 0.459 e. The SMILES string of the molecule is C=CCC1(C(=O)OC(C)(C)C)Cc2cnc(SC)nc2N(C2CCCC2)C1=O. The van der Waals surface area contributed by atoms with Crippen LogP contribution in [-0.4, -0.2) is 39.7 Å². The van der Waals surface area contributed by atoms with Crippen molar-refractivity contribution in [2.45, 2.75) is 76.1 Å². The number of aromatic nitrogens is 2. The van der Waals surface area contributed by atoms with Gasteiger partial charge < -0.3 is 4.74 Å². The van der Waals surface area contributed by atoms with E-state index in [0.29, 0.717) is 11.0 Å². The number of fused-ring (bicyclic) bond motifs is 1. The smallest absolute Gasteiger partial charge is 0.322 e. The van der Waals surface area contributed by atoms with Crippen LogP contribution < -0.4 is 4.90 Å². The number of carbonyl (C=O) groups excluding carboxylic acids is 2. The highest BCUT2D eigenvalue weighted by Crippen LogP contribution is 2.44. The summed E-state index contributed by atoms with van der Waals surface area (Å²) in [6, 6.07) is 0.0581. The standard InChI is InChI=1S/C21H29N3O3S/c1-6-11-21(18(26)27-20(2,3)4)12-14-13-22-19(28-5)23-16(14)24(17(21)25)15-9-7-8-10-15/h6,13,15H,1,7-12H2,2-5H3. The number of ether oxygens (including phenoxy) is 1. The molecule has 1 saturated carbocycles. The minimum atomic E-state index is -1.31. The van der Waals surface area contributed by atoms with Gasteiger partial charge in [-0.25, -0.2) is 9.97 Å². The van der Waals surface area contributed by atoms with Crippen molar-refractivity contribution in [2.24, 2.45) is 5.41 Å². The highest BCUT2D eigenvalue weighted by Gasteiger charge is 2.55. The first-order valence-corrected chi connectivity index (χ1v) is 11.0. The molecule has 1 aliphatic heterocycles. The van der Waals surface area contributed by atoms with Gasteiger partial charge in [-0.05, 0) is 46.3 Å². The summed E-state index contributed by atoms with van der Waals surface area (Å²) >= 11 is 1.44. The molecule has 0 N–H and O–H groups in total. The van der Waals surface area contributed by atoms with E-state index < -0.39 is 17.0 Å². The van der Waals surface area contributed by atoms with Crippen LogP contribution in [0.4, 0.5) is 5.82 Å². The van der Waals surface area contributed by atoms with E-state index in [4.69, 9.17) is 4.74 Å². The Bertz CT molecular complexity index is 784. The molecule has 1 aliphatic carbocycles. The molecule has 7 heteroatoms. The topological polar surface area (TPSA) is 72.4 Å². The first kappa shape index (κ1) is 20.8. The molecule has 1 fully saturated rings. The second-order valence-electron chi connectivity index (χ2n) is 8.57. The normalized spacial score (nSPS) is 22.9. The first-order valence-electron chi connectivity index (χ1n) is 9.80. The second-order valence-corrected chi connectivity index (χ2v) is 9.35. The van der Waals surface area contributed by atoms with E-state index in [0.717, 1.165) is 31.2 Å². The predicted molar refractivity (Wildman–Crippen MR) is 110 cm³/mol. The molecule has 0 radical (unpaired) electrons. The number of hydrogen-bond donors (Lipinski definition) is 0. The number of allylic oxidation sites excluding steroid dienone is 1. The van der Waals surface area contributed by atoms with Crippen LogP contribution >= 0.6 is 11.8 Å². The Labute approximate surface area is 171 Å². The Morgan fingerprint density at radius 2 is 2.11 bits per heavy atom. The van der Waals surface area contributed by atoms with E-state index in [9.17, 15) is 9.59 Å². The molecule has 0 bridgehead atoms. The molecule has 2 aliphatic rings. The van der Waals surface area contributed by atoms with E-state index in [1.807, 2.05) is 27.0 Å². The summed E-state index contributed by atoms with van der Waals surface area (Å²) in [5, 5.41) is 0.628. The van der Waals surface area contributed by atoms with Crippen LogP contribution in [0.15, 0.2) is 24.0 Å². The zero-order chi connectivity index (χ0) is 20.5. The number of esters is 1. The quantitative estimate of drug-likeness (QED) is 0.244. The summed E-state index contributed by atoms with van der Waals surface area (Å²) < 4.78 is 5.70. The highest BCUT2D eigenvalue weighted by atomic mass is 32.2. The zero-order valence-corrected chi connectivity index (χ0v) is 18.0. The molecule has 1 unspecified atom stereocenters. The lowest BCUT2D eigenvalue weighted by atomic mass is 9.74. The molecule has 0 saturated heterocycles. The summed E-state index contributed by atoms with van der Waals surface area (Å²) in [6.07, 6.45) is 9.75. The Hall–Kier alpha value is -1.89. The maximum absolute atomic E-state index is 13.8. The molecule has 1 aromatic heterocycles. The molecule has 1 atom stereocenters. The lowest BCUT2D eigenvalue weighted by molar-refractivity contribution is -0.170. The minimum Gasteiger partial charge on any atom is -0.459 e. The predicted octanol–water partition coefficient (Wildman–Crippen LogP) is 3.93. The molecule has 3 rings (SSSR count). The Morgan fingerprint density at radius 3 is 2.68 bits per heavy atom. The fraction of sp³-hybridized carbons (Fsp3) is 0.619. The highest BCUT2D eigenvalue weighted by molar-refractivity contribution is 7.98. The van der Waals surface area contributed by atoms with Gasteiger partial charge in [-0.1, -0.05) is 30.7 Å². The third kappa shape index (κ3) is 3.81. The summed E-state index contributed by atoms with van der Waals surface area (Å²) in [5.41, 5.74) is -1.17. The van der Waals surface area contributed by atoms with Crippen LogP contribution in [0, 0.1) is 5.41 Å². The lowest BCUT2D eigenvalue weighted by Gasteiger charge is -2.43. The van der Waals surface area contributed by atoms with Gasteiger partial charge in [-0.2, -0.15) is 0 Å².